The Kier molecular flexibility index (Phi) is 3.03. The molecule has 1 aliphatic rings. The van der Waals surface area contributed by atoms with Crippen molar-refractivity contribution in [1.82, 2.24) is 0 Å². The number of hydrogen-bond donors (Lipinski definition) is 0. The van der Waals surface area contributed by atoms with Crippen molar-refractivity contribution in [3.05, 3.63) is 66.2 Å². The number of hydrogen-bond acceptors (Lipinski definition) is 2. The minimum absolute atomic E-state index is 0.422. The number of rotatable bonds is 2. The number of nitrogens with zero attached hydrogens (tertiary/aromatic N) is 1. The van der Waals surface area contributed by atoms with Crippen LogP contribution in [0, 0.1) is 0 Å². The summed E-state index contributed by atoms with van der Waals surface area (Å²) in [4.78, 5) is 0. The van der Waals surface area contributed by atoms with Gasteiger partial charge in [0.15, 0.2) is 0 Å². The molecule has 0 saturated carbocycles. The lowest BCUT2D eigenvalue weighted by atomic mass is 10.1. The summed E-state index contributed by atoms with van der Waals surface area (Å²) in [5.74, 6) is 0. The Labute approximate surface area is 113 Å². The topological polar surface area (TPSA) is 37.4 Å². The first-order valence-electron chi connectivity index (χ1n) is 6.31. The molecule has 1 unspecified atom stereocenters. The van der Waals surface area contributed by atoms with Gasteiger partial charge in [-0.3, -0.25) is 4.31 Å². The van der Waals surface area contributed by atoms with E-state index < -0.39 is 15.3 Å². The van der Waals surface area contributed by atoms with E-state index in [9.17, 15) is 8.42 Å². The van der Waals surface area contributed by atoms with E-state index in [1.165, 1.54) is 4.31 Å². The van der Waals surface area contributed by atoms with Crippen LogP contribution >= 0.6 is 0 Å². The van der Waals surface area contributed by atoms with Gasteiger partial charge in [-0.25, -0.2) is 8.42 Å². The average molecular weight is 273 g/mol. The molecule has 0 amide bonds. The summed E-state index contributed by atoms with van der Waals surface area (Å²) in [5.41, 5.74) is 1.63. The maximum atomic E-state index is 12.6. The van der Waals surface area contributed by atoms with Crippen LogP contribution in [-0.2, 0) is 10.0 Å². The number of para-hydroxylation sites is 1. The smallest absolute Gasteiger partial charge is 0.242 e. The number of sulfonamides is 1. The van der Waals surface area contributed by atoms with Crippen LogP contribution in [0.15, 0.2) is 60.7 Å². The predicted molar refractivity (Wildman–Crippen MR) is 76.5 cm³/mol. The zero-order valence-electron chi connectivity index (χ0n) is 10.4. The van der Waals surface area contributed by atoms with Crippen molar-refractivity contribution in [3.63, 3.8) is 0 Å². The van der Waals surface area contributed by atoms with Crippen molar-refractivity contribution in [1.29, 1.82) is 0 Å². The minimum Gasteiger partial charge on any atom is -0.270 e. The maximum absolute atomic E-state index is 12.6. The van der Waals surface area contributed by atoms with Crippen molar-refractivity contribution >= 4 is 15.7 Å². The molecule has 0 N–H and O–H groups in total. The summed E-state index contributed by atoms with van der Waals surface area (Å²) >= 11 is 0. The summed E-state index contributed by atoms with van der Waals surface area (Å²) in [6.45, 7) is 0.548. The van der Waals surface area contributed by atoms with Gasteiger partial charge < -0.3 is 0 Å². The van der Waals surface area contributed by atoms with Gasteiger partial charge in [0.25, 0.3) is 0 Å². The van der Waals surface area contributed by atoms with Crippen LogP contribution in [0.25, 0.3) is 0 Å². The first kappa shape index (κ1) is 12.2. The lowest BCUT2D eigenvalue weighted by Gasteiger charge is -2.19. The van der Waals surface area contributed by atoms with E-state index in [-0.39, 0.29) is 0 Å². The third-order valence-corrected chi connectivity index (χ3v) is 5.71. The van der Waals surface area contributed by atoms with Crippen molar-refractivity contribution in [2.24, 2.45) is 0 Å². The van der Waals surface area contributed by atoms with Crippen LogP contribution in [-0.4, -0.2) is 15.0 Å². The van der Waals surface area contributed by atoms with Gasteiger partial charge in [-0.1, -0.05) is 48.5 Å². The van der Waals surface area contributed by atoms with Gasteiger partial charge in [-0.05, 0) is 24.1 Å². The average Bonchev–Trinajstić information content (AvgIpc) is 2.76. The van der Waals surface area contributed by atoms with Gasteiger partial charge in [0.2, 0.25) is 10.0 Å². The Morgan fingerprint density at radius 2 is 1.47 bits per heavy atom. The van der Waals surface area contributed by atoms with Crippen LogP contribution in [0.5, 0.6) is 0 Å². The molecule has 0 bridgehead atoms. The predicted octanol–water partition coefficient (Wildman–Crippen LogP) is 2.97. The van der Waals surface area contributed by atoms with E-state index in [0.717, 1.165) is 11.3 Å². The second-order valence-corrected chi connectivity index (χ2v) is 6.68. The third-order valence-electron chi connectivity index (χ3n) is 3.48. The molecule has 1 aliphatic heterocycles. The minimum atomic E-state index is -3.30. The lowest BCUT2D eigenvalue weighted by molar-refractivity contribution is 0.590. The molecule has 1 saturated heterocycles. The summed E-state index contributed by atoms with van der Waals surface area (Å²) in [6, 6.07) is 18.7. The highest BCUT2D eigenvalue weighted by molar-refractivity contribution is 7.93. The first-order chi connectivity index (χ1) is 9.19. The Morgan fingerprint density at radius 3 is 2.11 bits per heavy atom. The summed E-state index contributed by atoms with van der Waals surface area (Å²) < 4.78 is 26.8. The lowest BCUT2D eigenvalue weighted by Crippen LogP contribution is -2.26. The Hall–Kier alpha value is -1.81. The Balaban J connectivity index is 1.98. The van der Waals surface area contributed by atoms with Gasteiger partial charge in [-0.2, -0.15) is 0 Å². The van der Waals surface area contributed by atoms with Crippen molar-refractivity contribution < 1.29 is 8.42 Å². The second kappa shape index (κ2) is 4.70. The van der Waals surface area contributed by atoms with Crippen molar-refractivity contribution in [3.8, 4) is 0 Å². The number of benzene rings is 2. The summed E-state index contributed by atoms with van der Waals surface area (Å²) in [6.07, 6.45) is 0.640. The van der Waals surface area contributed by atoms with E-state index >= 15 is 0 Å². The molecule has 4 heteroatoms. The van der Waals surface area contributed by atoms with Gasteiger partial charge >= 0.3 is 0 Å². The first-order valence-corrected chi connectivity index (χ1v) is 7.81. The molecule has 3 rings (SSSR count). The Morgan fingerprint density at radius 1 is 0.895 bits per heavy atom. The molecule has 1 heterocycles. The second-order valence-electron chi connectivity index (χ2n) is 4.64. The normalized spacial score (nSPS) is 21.5. The highest BCUT2D eigenvalue weighted by Gasteiger charge is 2.39. The van der Waals surface area contributed by atoms with Crippen LogP contribution < -0.4 is 4.31 Å². The summed E-state index contributed by atoms with van der Waals surface area (Å²) in [7, 11) is -3.30. The van der Waals surface area contributed by atoms with Crippen molar-refractivity contribution in [2.75, 3.05) is 10.8 Å². The van der Waals surface area contributed by atoms with Crippen LogP contribution in [0.1, 0.15) is 17.2 Å². The van der Waals surface area contributed by atoms with Crippen LogP contribution in [0.3, 0.4) is 0 Å². The fraction of sp³-hybridized carbons (Fsp3) is 0.200. The molecule has 19 heavy (non-hydrogen) atoms. The van der Waals surface area contributed by atoms with Crippen LogP contribution in [0.4, 0.5) is 5.69 Å². The molecule has 2 aromatic rings. The fourth-order valence-electron chi connectivity index (χ4n) is 2.54. The maximum Gasteiger partial charge on any atom is 0.242 e. The van der Waals surface area contributed by atoms with E-state index in [2.05, 4.69) is 0 Å². The SMILES string of the molecule is O=S1(=O)C(c2ccccc2)CCN1c1ccccc1. The summed E-state index contributed by atoms with van der Waals surface area (Å²) in [5, 5.41) is -0.422. The fourth-order valence-corrected chi connectivity index (χ4v) is 4.53. The standard InChI is InChI=1S/C15H15NO2S/c17-19(18)15(13-7-3-1-4-8-13)11-12-16(19)14-9-5-2-6-10-14/h1-10,15H,11-12H2. The molecule has 1 fully saturated rings. The quantitative estimate of drug-likeness (QED) is 0.843. The van der Waals surface area contributed by atoms with E-state index in [1.807, 2.05) is 60.7 Å². The van der Waals surface area contributed by atoms with E-state index in [4.69, 9.17) is 0 Å². The molecule has 2 aromatic carbocycles. The molecule has 1 atom stereocenters. The van der Waals surface area contributed by atoms with Gasteiger partial charge in [0.1, 0.15) is 5.25 Å². The highest BCUT2D eigenvalue weighted by atomic mass is 32.2. The molecule has 0 aromatic heterocycles. The van der Waals surface area contributed by atoms with Gasteiger partial charge in [0.05, 0.1) is 5.69 Å². The molecule has 0 spiro atoms. The molecular formula is C15H15NO2S. The highest BCUT2D eigenvalue weighted by Crippen LogP contribution is 2.37. The van der Waals surface area contributed by atoms with E-state index in [0.29, 0.717) is 13.0 Å². The largest absolute Gasteiger partial charge is 0.270 e. The molecule has 0 aliphatic carbocycles. The molecule has 0 radical (unpaired) electrons. The monoisotopic (exact) mass is 273 g/mol. The Bertz CT molecular complexity index is 600. The zero-order valence-corrected chi connectivity index (χ0v) is 11.3. The molecular weight excluding hydrogens is 258 g/mol. The van der Waals surface area contributed by atoms with Crippen LogP contribution in [0.2, 0.25) is 0 Å². The van der Waals surface area contributed by atoms with Gasteiger partial charge in [-0.15, -0.1) is 0 Å². The molecule has 3 nitrogen and oxygen atoms in total. The third kappa shape index (κ3) is 2.12. The number of anilines is 1. The van der Waals surface area contributed by atoms with E-state index in [1.54, 1.807) is 0 Å². The molecule has 98 valence electrons. The zero-order chi connectivity index (χ0) is 13.3. The van der Waals surface area contributed by atoms with Crippen molar-refractivity contribution in [2.45, 2.75) is 11.7 Å². The van der Waals surface area contributed by atoms with Gasteiger partial charge in [0, 0.05) is 6.54 Å².